The van der Waals surface area contributed by atoms with E-state index in [1.54, 1.807) is 36.4 Å². The average Bonchev–Trinajstić information content (AvgIpc) is 4.19. The zero-order chi connectivity index (χ0) is 51.7. The van der Waals surface area contributed by atoms with Crippen LogP contribution in [0.1, 0.15) is 65.7 Å². The summed E-state index contributed by atoms with van der Waals surface area (Å²) < 4.78 is 183. The first-order chi connectivity index (χ1) is 33.9. The van der Waals surface area contributed by atoms with Crippen LogP contribution in [0.4, 0.5) is 52.7 Å². The van der Waals surface area contributed by atoms with Crippen LogP contribution in [0.15, 0.2) is 109 Å². The van der Waals surface area contributed by atoms with Gasteiger partial charge in [0.2, 0.25) is 0 Å². The summed E-state index contributed by atoms with van der Waals surface area (Å²) >= 11 is 0. The van der Waals surface area contributed by atoms with E-state index in [9.17, 15) is 62.3 Å². The summed E-state index contributed by atoms with van der Waals surface area (Å²) in [6.07, 6.45) is -15.8. The largest absolute Gasteiger partial charge is 0.465 e. The van der Waals surface area contributed by atoms with Crippen molar-refractivity contribution in [3.05, 3.63) is 165 Å². The Morgan fingerprint density at radius 2 is 0.625 bits per heavy atom. The molecule has 9 rings (SSSR count). The fraction of sp³-hybridized carbons (Fsp3) is 0.115. The highest BCUT2D eigenvalue weighted by molar-refractivity contribution is 6.01. The van der Waals surface area contributed by atoms with Crippen LogP contribution in [-0.4, -0.2) is 46.1 Å². The zero-order valence-electron chi connectivity index (χ0n) is 36.8. The Morgan fingerprint density at radius 3 is 0.861 bits per heavy atom. The number of carbonyl (C=O) groups excluding carboxylic acids is 2. The molecule has 0 spiro atoms. The lowest BCUT2D eigenvalue weighted by molar-refractivity contribution is -0.144. The average molecular weight is 1000 g/mol. The van der Waals surface area contributed by atoms with Gasteiger partial charge in [-0.05, 0) is 131 Å². The van der Waals surface area contributed by atoms with Crippen molar-refractivity contribution in [3.8, 4) is 44.5 Å². The molecule has 0 unspecified atom stereocenters. The molecule has 0 fully saturated rings. The maximum Gasteiger partial charge on any atom is 0.416 e. The second-order valence-corrected chi connectivity index (χ2v) is 16.2. The van der Waals surface area contributed by atoms with Crippen LogP contribution in [0.25, 0.3) is 90.9 Å². The first-order valence-corrected chi connectivity index (χ1v) is 21.0. The summed E-state index contributed by atoms with van der Waals surface area (Å²) in [5.41, 5.74) is -7.33. The number of rotatable bonds is 6. The third-order valence-electron chi connectivity index (χ3n) is 11.7. The van der Waals surface area contributed by atoms with Crippen molar-refractivity contribution < 1.29 is 71.7 Å². The number of halogens is 12. The van der Waals surface area contributed by atoms with E-state index in [2.05, 4.69) is 15.0 Å². The van der Waals surface area contributed by atoms with Crippen LogP contribution in [0.3, 0.4) is 0 Å². The predicted molar refractivity (Wildman–Crippen MR) is 243 cm³/mol. The molecule has 20 heteroatoms. The number of H-pyrrole nitrogens is 2. The second-order valence-electron chi connectivity index (χ2n) is 16.2. The number of carbonyl (C=O) groups is 2. The van der Waals surface area contributed by atoms with Crippen molar-refractivity contribution in [1.29, 1.82) is 0 Å². The van der Waals surface area contributed by atoms with E-state index in [0.717, 1.165) is 12.2 Å². The van der Waals surface area contributed by atoms with Gasteiger partial charge in [-0.2, -0.15) is 52.7 Å². The van der Waals surface area contributed by atoms with Gasteiger partial charge in [0.15, 0.2) is 0 Å². The molecule has 0 radical (unpaired) electrons. The molecule has 7 aromatic rings. The maximum absolute atomic E-state index is 14.5. The number of benzene rings is 4. The Morgan fingerprint density at radius 1 is 0.375 bits per heavy atom. The molecule has 2 aliphatic rings. The molecular formula is C52H30F12N4O4. The number of fused-ring (bicyclic) bond motifs is 8. The van der Waals surface area contributed by atoms with Crippen molar-refractivity contribution in [3.63, 3.8) is 0 Å². The minimum atomic E-state index is -5.32. The number of nitrogens with one attached hydrogen (secondary N) is 2. The molecule has 0 atom stereocenters. The highest BCUT2D eigenvalue weighted by Crippen LogP contribution is 2.45. The quantitative estimate of drug-likeness (QED) is 0.127. The van der Waals surface area contributed by atoms with Gasteiger partial charge >= 0.3 is 36.6 Å². The number of hydrogen-bond donors (Lipinski definition) is 2. The maximum atomic E-state index is 14.5. The van der Waals surface area contributed by atoms with Gasteiger partial charge < -0.3 is 19.4 Å². The van der Waals surface area contributed by atoms with E-state index in [0.29, 0.717) is 46.5 Å². The lowest BCUT2D eigenvalue weighted by Gasteiger charge is -2.15. The summed E-state index contributed by atoms with van der Waals surface area (Å²) in [7, 11) is 2.36. The lowest BCUT2D eigenvalue weighted by Crippen LogP contribution is -2.11. The smallest absolute Gasteiger partial charge is 0.416 e. The third-order valence-corrected chi connectivity index (χ3v) is 11.7. The van der Waals surface area contributed by atoms with Crippen molar-refractivity contribution in [2.45, 2.75) is 24.7 Å². The summed E-state index contributed by atoms with van der Waals surface area (Å²) in [4.78, 5) is 40.6. The number of aromatic amines is 2. The van der Waals surface area contributed by atoms with Crippen LogP contribution >= 0.6 is 0 Å². The first-order valence-electron chi connectivity index (χ1n) is 21.0. The summed E-state index contributed by atoms with van der Waals surface area (Å²) in [5.74, 6) is -1.34. The van der Waals surface area contributed by atoms with E-state index in [-0.39, 0.29) is 79.2 Å². The van der Waals surface area contributed by atoms with E-state index >= 15 is 0 Å². The molecule has 366 valence electrons. The summed E-state index contributed by atoms with van der Waals surface area (Å²) in [5, 5.41) is 0. The van der Waals surface area contributed by atoms with Crippen LogP contribution in [-0.2, 0) is 34.2 Å². The predicted octanol–water partition coefficient (Wildman–Crippen LogP) is 15.0. The van der Waals surface area contributed by atoms with E-state index in [1.807, 2.05) is 0 Å². The second kappa shape index (κ2) is 17.8. The summed E-state index contributed by atoms with van der Waals surface area (Å²) in [6, 6.07) is 19.3. The standard InChI is InChI=1S/C52H30F12N4O4/c1-71-47(69)27-7-3-25(4-8-27)43-35-11-12-36(65-35)44(26-5-9-28(10-6-26)48(70)72-2)38-14-16-40(67-38)46(30-21-33(51(59,60)61)24-34(22-30)52(62,63)64)42-18-17-41(68-42)45(39-15-13-37(43)66-39)29-19-31(49(53,54)55)23-32(20-29)50(56,57)58/h3-24,66-67H,1-2H3. The van der Waals surface area contributed by atoms with E-state index < -0.39 is 70.0 Å². The van der Waals surface area contributed by atoms with Gasteiger partial charge in [-0.15, -0.1) is 0 Å². The van der Waals surface area contributed by atoms with Crippen molar-refractivity contribution >= 4 is 58.3 Å². The molecule has 2 aliphatic heterocycles. The molecule has 4 aromatic carbocycles. The van der Waals surface area contributed by atoms with Gasteiger partial charge in [0.05, 0.1) is 70.4 Å². The highest BCUT2D eigenvalue weighted by atomic mass is 19.4. The van der Waals surface area contributed by atoms with Gasteiger partial charge in [0.1, 0.15) is 0 Å². The van der Waals surface area contributed by atoms with Gasteiger partial charge in [-0.3, -0.25) is 0 Å². The fourth-order valence-corrected chi connectivity index (χ4v) is 8.40. The molecular weight excluding hydrogens is 973 g/mol. The van der Waals surface area contributed by atoms with Gasteiger partial charge in [-0.1, -0.05) is 24.3 Å². The van der Waals surface area contributed by atoms with Gasteiger partial charge in [0, 0.05) is 44.3 Å². The normalized spacial score (nSPS) is 12.9. The number of nitrogens with zero attached hydrogens (tertiary/aromatic N) is 2. The fourth-order valence-electron chi connectivity index (χ4n) is 8.40. The third kappa shape index (κ3) is 9.34. The van der Waals surface area contributed by atoms with E-state index in [4.69, 9.17) is 14.5 Å². The lowest BCUT2D eigenvalue weighted by atomic mass is 9.97. The molecule has 0 aliphatic carbocycles. The monoisotopic (exact) mass is 1000 g/mol. The van der Waals surface area contributed by atoms with Crippen LogP contribution in [0.5, 0.6) is 0 Å². The minimum absolute atomic E-state index is 0.0779. The number of hydrogen-bond acceptors (Lipinski definition) is 6. The first kappa shape index (κ1) is 48.6. The molecule has 0 amide bonds. The number of alkyl halides is 12. The number of methoxy groups -OCH3 is 2. The van der Waals surface area contributed by atoms with Gasteiger partial charge in [0.25, 0.3) is 0 Å². The van der Waals surface area contributed by atoms with E-state index in [1.165, 1.54) is 62.8 Å². The minimum Gasteiger partial charge on any atom is -0.465 e. The number of ether oxygens (including phenoxy) is 2. The van der Waals surface area contributed by atoms with Crippen LogP contribution in [0, 0.1) is 0 Å². The van der Waals surface area contributed by atoms with Crippen LogP contribution < -0.4 is 0 Å². The Bertz CT molecular complexity index is 3290. The molecule has 8 bridgehead atoms. The molecule has 0 saturated carbocycles. The van der Waals surface area contributed by atoms with Crippen molar-refractivity contribution in [2.75, 3.05) is 14.2 Å². The molecule has 8 nitrogen and oxygen atoms in total. The Hall–Kier alpha value is -8.42. The number of aromatic nitrogens is 4. The zero-order valence-corrected chi connectivity index (χ0v) is 36.8. The molecule has 5 heterocycles. The van der Waals surface area contributed by atoms with Gasteiger partial charge in [-0.25, -0.2) is 19.6 Å². The highest BCUT2D eigenvalue weighted by Gasteiger charge is 2.39. The Balaban J connectivity index is 1.49. The molecule has 0 saturated heterocycles. The molecule has 3 aromatic heterocycles. The van der Waals surface area contributed by atoms with Crippen molar-refractivity contribution in [1.82, 2.24) is 19.9 Å². The molecule has 2 N–H and O–H groups in total. The summed E-state index contributed by atoms with van der Waals surface area (Å²) in [6.45, 7) is 0. The Labute approximate surface area is 397 Å². The van der Waals surface area contributed by atoms with Crippen LogP contribution in [0.2, 0.25) is 0 Å². The van der Waals surface area contributed by atoms with Crippen molar-refractivity contribution in [2.24, 2.45) is 0 Å². The Kier molecular flexibility index (Phi) is 12.0. The SMILES string of the molecule is COC(=O)c1ccc(-c2c3nc(c(-c4ccc(C(=O)OC)cc4)c4ccc([nH]4)c(-c4cc(C(F)(F)F)cc(C(F)(F)F)c4)c4nc(c(-c5cc(C(F)(F)F)cc(C(F)(F)F)c5)c5ccc2[nH]5)C=C4)C=C3)cc1. The number of esters is 2. The topological polar surface area (TPSA) is 110 Å². The molecule has 72 heavy (non-hydrogen) atoms.